The fourth-order valence-electron chi connectivity index (χ4n) is 2.82. The molecule has 0 bridgehead atoms. The van der Waals surface area contributed by atoms with Crippen LogP contribution in [0.1, 0.15) is 34.6 Å². The van der Waals surface area contributed by atoms with Crippen molar-refractivity contribution in [3.8, 4) is 0 Å². The Balaban J connectivity index is 2.66. The number of rotatable bonds is 9. The smallest absolute Gasteiger partial charge is 0.418 e. The number of hydrogen-bond donors (Lipinski definition) is 1. The molecule has 1 saturated heterocycles. The molecule has 2 unspecified atom stereocenters. The maximum atomic E-state index is 12.5. The first-order chi connectivity index (χ1) is 12.8. The van der Waals surface area contributed by atoms with Gasteiger partial charge in [0.2, 0.25) is 11.0 Å². The molecule has 0 aromatic carbocycles. The van der Waals surface area contributed by atoms with E-state index in [1.165, 1.54) is 6.08 Å². The SMILES string of the molecule is C=C[C@H](OC(=O)N1CC(C(C)O[Si](C)(C)C(C)(C)C(C)C)C1=O)SC(=O)CN. The Bertz CT molecular complexity index is 623. The van der Waals surface area contributed by atoms with Crippen molar-refractivity contribution in [3.05, 3.63) is 12.7 Å². The van der Waals surface area contributed by atoms with Gasteiger partial charge in [0.05, 0.1) is 18.6 Å². The van der Waals surface area contributed by atoms with E-state index >= 15 is 0 Å². The minimum absolute atomic E-state index is 0.0383. The van der Waals surface area contributed by atoms with Crippen LogP contribution in [0.4, 0.5) is 4.79 Å². The molecule has 0 spiro atoms. The average molecular weight is 431 g/mol. The maximum absolute atomic E-state index is 12.5. The number of carbonyl (C=O) groups is 3. The topological polar surface area (TPSA) is 98.9 Å². The van der Waals surface area contributed by atoms with Crippen molar-refractivity contribution >= 4 is 37.2 Å². The van der Waals surface area contributed by atoms with E-state index in [1.54, 1.807) is 0 Å². The number of carbonyl (C=O) groups excluding carboxylic acids is 3. The number of hydrogen-bond acceptors (Lipinski definition) is 7. The predicted octanol–water partition coefficient (Wildman–Crippen LogP) is 3.36. The van der Waals surface area contributed by atoms with Gasteiger partial charge in [-0.25, -0.2) is 9.69 Å². The maximum Gasteiger partial charge on any atom is 0.418 e. The second-order valence-corrected chi connectivity index (χ2v) is 14.1. The van der Waals surface area contributed by atoms with Gasteiger partial charge in [-0.1, -0.05) is 34.3 Å². The van der Waals surface area contributed by atoms with Crippen LogP contribution in [0.15, 0.2) is 12.7 Å². The molecule has 0 aliphatic carbocycles. The number of nitrogens with zero attached hydrogens (tertiary/aromatic N) is 1. The van der Waals surface area contributed by atoms with E-state index in [2.05, 4.69) is 47.4 Å². The van der Waals surface area contributed by atoms with Gasteiger partial charge in [-0.2, -0.15) is 0 Å². The summed E-state index contributed by atoms with van der Waals surface area (Å²) in [6, 6.07) is 0. The van der Waals surface area contributed by atoms with Crippen LogP contribution in [0.5, 0.6) is 0 Å². The number of nitrogens with two attached hydrogens (primary N) is 1. The lowest BCUT2D eigenvalue weighted by Crippen LogP contribution is -2.61. The van der Waals surface area contributed by atoms with Crippen LogP contribution in [0.25, 0.3) is 0 Å². The highest BCUT2D eigenvalue weighted by Gasteiger charge is 2.50. The van der Waals surface area contributed by atoms with E-state index in [1.807, 2.05) is 6.92 Å². The van der Waals surface area contributed by atoms with E-state index in [4.69, 9.17) is 14.9 Å². The summed E-state index contributed by atoms with van der Waals surface area (Å²) in [4.78, 5) is 37.2. The zero-order valence-corrected chi connectivity index (χ0v) is 19.8. The molecule has 0 saturated carbocycles. The third-order valence-corrected chi connectivity index (χ3v) is 11.6. The van der Waals surface area contributed by atoms with E-state index in [0.29, 0.717) is 5.92 Å². The molecule has 1 aliphatic rings. The number of imide groups is 1. The molecule has 7 nitrogen and oxygen atoms in total. The van der Waals surface area contributed by atoms with Crippen LogP contribution in [0.2, 0.25) is 18.1 Å². The largest absolute Gasteiger partial charge is 0.430 e. The van der Waals surface area contributed by atoms with Gasteiger partial charge in [0, 0.05) is 6.54 Å². The molecular formula is C19H34N2O5SSi. The molecule has 2 amide bonds. The van der Waals surface area contributed by atoms with Crippen LogP contribution in [0, 0.1) is 11.8 Å². The molecule has 1 heterocycles. The van der Waals surface area contributed by atoms with Crippen molar-refractivity contribution in [1.29, 1.82) is 0 Å². The Morgan fingerprint density at radius 2 is 1.96 bits per heavy atom. The van der Waals surface area contributed by atoms with Gasteiger partial charge in [-0.15, -0.1) is 0 Å². The van der Waals surface area contributed by atoms with Gasteiger partial charge in [-0.3, -0.25) is 9.59 Å². The number of thioether (sulfide) groups is 1. The zero-order chi connectivity index (χ0) is 21.9. The van der Waals surface area contributed by atoms with Crippen molar-refractivity contribution in [3.63, 3.8) is 0 Å². The molecule has 9 heteroatoms. The number of β-lactam (4-membered cyclic amide) rings is 1. The highest BCUT2D eigenvalue weighted by molar-refractivity contribution is 8.14. The number of ether oxygens (including phenoxy) is 1. The van der Waals surface area contributed by atoms with Gasteiger partial charge < -0.3 is 14.9 Å². The summed E-state index contributed by atoms with van der Waals surface area (Å²) in [7, 11) is -2.09. The minimum atomic E-state index is -2.09. The van der Waals surface area contributed by atoms with E-state index in [-0.39, 0.29) is 41.2 Å². The van der Waals surface area contributed by atoms with Crippen LogP contribution in [-0.4, -0.2) is 55.0 Å². The summed E-state index contributed by atoms with van der Waals surface area (Å²) >= 11 is 0.764. The van der Waals surface area contributed by atoms with Gasteiger partial charge in [-0.05, 0) is 48.8 Å². The van der Waals surface area contributed by atoms with Crippen molar-refractivity contribution in [2.45, 2.75) is 64.3 Å². The monoisotopic (exact) mass is 430 g/mol. The fourth-order valence-corrected chi connectivity index (χ4v) is 6.19. The highest BCUT2D eigenvalue weighted by Crippen LogP contribution is 2.45. The molecule has 1 fully saturated rings. The molecule has 0 aromatic heterocycles. The third-order valence-electron chi connectivity index (χ3n) is 6.05. The lowest BCUT2D eigenvalue weighted by atomic mass is 9.94. The van der Waals surface area contributed by atoms with Crippen molar-refractivity contribution in [1.82, 2.24) is 4.90 Å². The normalized spacial score (nSPS) is 19.8. The van der Waals surface area contributed by atoms with Crippen LogP contribution in [0.3, 0.4) is 0 Å². The zero-order valence-electron chi connectivity index (χ0n) is 18.0. The Kier molecular flexibility index (Phi) is 8.49. The van der Waals surface area contributed by atoms with Crippen molar-refractivity contribution in [2.24, 2.45) is 17.6 Å². The average Bonchev–Trinajstić information content (AvgIpc) is 2.58. The molecule has 160 valence electrons. The van der Waals surface area contributed by atoms with Crippen LogP contribution < -0.4 is 5.73 Å². The highest BCUT2D eigenvalue weighted by atomic mass is 32.2. The Morgan fingerprint density at radius 3 is 2.39 bits per heavy atom. The van der Waals surface area contributed by atoms with Crippen molar-refractivity contribution < 1.29 is 23.5 Å². The molecule has 1 aliphatic heterocycles. The molecule has 28 heavy (non-hydrogen) atoms. The lowest BCUT2D eigenvalue weighted by Gasteiger charge is -2.47. The van der Waals surface area contributed by atoms with Crippen LogP contribution in [-0.2, 0) is 18.8 Å². The van der Waals surface area contributed by atoms with Gasteiger partial charge in [0.25, 0.3) is 0 Å². The molecule has 3 atom stereocenters. The number of likely N-dealkylation sites (tertiary alicyclic amines) is 1. The summed E-state index contributed by atoms with van der Waals surface area (Å²) < 4.78 is 11.6. The molecule has 2 N–H and O–H groups in total. The lowest BCUT2D eigenvalue weighted by molar-refractivity contribution is -0.149. The molecule has 0 radical (unpaired) electrons. The third kappa shape index (κ3) is 5.46. The van der Waals surface area contributed by atoms with Gasteiger partial charge in [0.1, 0.15) is 0 Å². The molecule has 0 aromatic rings. The quantitative estimate of drug-likeness (QED) is 0.259. The minimum Gasteiger partial charge on any atom is -0.430 e. The summed E-state index contributed by atoms with van der Waals surface area (Å²) in [5.41, 5.74) is 4.38. The summed E-state index contributed by atoms with van der Waals surface area (Å²) in [6.07, 6.45) is 0.264. The second kappa shape index (κ2) is 9.56. The summed E-state index contributed by atoms with van der Waals surface area (Å²) in [5.74, 6) is -0.236. The molecule has 1 rings (SSSR count). The first-order valence-electron chi connectivity index (χ1n) is 9.50. The standard InChI is InChI=1S/C19H34N2O5SSi/c1-9-16(27-15(22)10-20)25-18(24)21-11-14(17(21)23)13(4)26-28(7,8)19(5,6)12(2)3/h9,12-14,16H,1,10-11,20H2,2-8H3/t13?,14?,16-/m1/s1. The molecular weight excluding hydrogens is 396 g/mol. The van der Waals surface area contributed by atoms with Gasteiger partial charge in [0.15, 0.2) is 13.8 Å². The van der Waals surface area contributed by atoms with Crippen LogP contribution >= 0.6 is 11.8 Å². The Labute approximate surface area is 173 Å². The Morgan fingerprint density at radius 1 is 1.39 bits per heavy atom. The van der Waals surface area contributed by atoms with E-state index < -0.39 is 19.8 Å². The summed E-state index contributed by atoms with van der Waals surface area (Å²) in [5, 5.41) is -0.288. The first kappa shape index (κ1) is 24.9. The first-order valence-corrected chi connectivity index (χ1v) is 13.3. The fraction of sp³-hybridized carbons (Fsp3) is 0.737. The van der Waals surface area contributed by atoms with Crippen molar-refractivity contribution in [2.75, 3.05) is 13.1 Å². The summed E-state index contributed by atoms with van der Waals surface area (Å²) in [6.45, 7) is 18.6. The van der Waals surface area contributed by atoms with E-state index in [0.717, 1.165) is 16.7 Å². The van der Waals surface area contributed by atoms with Gasteiger partial charge >= 0.3 is 6.09 Å². The Hall–Kier alpha value is -1.16. The predicted molar refractivity (Wildman–Crippen MR) is 114 cm³/mol. The number of amides is 2. The second-order valence-electron chi connectivity index (χ2n) is 8.45. The van der Waals surface area contributed by atoms with E-state index in [9.17, 15) is 14.4 Å².